The Morgan fingerprint density at radius 3 is 1.91 bits per heavy atom. The van der Waals surface area contributed by atoms with E-state index in [1.165, 1.54) is 21.5 Å². The highest BCUT2D eigenvalue weighted by Crippen LogP contribution is 2.26. The van der Waals surface area contributed by atoms with Crippen LogP contribution in [0.15, 0.2) is 109 Å². The number of hydrogen-bond donors (Lipinski definition) is 1. The Morgan fingerprint density at radius 1 is 0.686 bits per heavy atom. The van der Waals surface area contributed by atoms with E-state index in [-0.39, 0.29) is 11.9 Å². The van der Waals surface area contributed by atoms with Gasteiger partial charge in [0.25, 0.3) is 5.91 Å². The van der Waals surface area contributed by atoms with Crippen molar-refractivity contribution in [3.05, 3.63) is 120 Å². The van der Waals surface area contributed by atoms with E-state index in [0.29, 0.717) is 5.56 Å². The third kappa shape index (κ3) is 5.26. The van der Waals surface area contributed by atoms with Crippen molar-refractivity contribution >= 4 is 27.5 Å². The van der Waals surface area contributed by atoms with Gasteiger partial charge in [0.15, 0.2) is 0 Å². The largest absolute Gasteiger partial charge is 0.345 e. The molecule has 0 saturated heterocycles. The second-order valence-electron chi connectivity index (χ2n) is 9.36. The summed E-state index contributed by atoms with van der Waals surface area (Å²) < 4.78 is 0. The number of fused-ring (bicyclic) bond motifs is 2. The molecule has 0 saturated carbocycles. The minimum Gasteiger partial charge on any atom is -0.345 e. The van der Waals surface area contributed by atoms with Gasteiger partial charge in [-0.25, -0.2) is 0 Å². The van der Waals surface area contributed by atoms with Gasteiger partial charge in [-0.3, -0.25) is 4.79 Å². The van der Waals surface area contributed by atoms with Crippen molar-refractivity contribution in [3.63, 3.8) is 0 Å². The molecule has 3 nitrogen and oxygen atoms in total. The molecule has 5 aromatic rings. The fraction of sp³-hybridized carbons (Fsp3) is 0.156. The number of carbonyl (C=O) groups is 1. The average Bonchev–Trinajstić information content (AvgIpc) is 2.90. The number of benzene rings is 5. The van der Waals surface area contributed by atoms with Crippen LogP contribution in [0.3, 0.4) is 0 Å². The fourth-order valence-corrected chi connectivity index (χ4v) is 4.56. The van der Waals surface area contributed by atoms with E-state index in [0.717, 1.165) is 29.7 Å². The molecule has 0 aromatic heterocycles. The van der Waals surface area contributed by atoms with E-state index in [2.05, 4.69) is 109 Å². The zero-order valence-electron chi connectivity index (χ0n) is 20.2. The molecule has 35 heavy (non-hydrogen) atoms. The summed E-state index contributed by atoms with van der Waals surface area (Å²) in [6.07, 6.45) is 0.840. The Morgan fingerprint density at radius 2 is 1.26 bits per heavy atom. The summed E-state index contributed by atoms with van der Waals surface area (Å²) in [7, 11) is 4.12. The first-order valence-electron chi connectivity index (χ1n) is 12.1. The maximum atomic E-state index is 13.2. The van der Waals surface area contributed by atoms with E-state index in [9.17, 15) is 4.79 Å². The van der Waals surface area contributed by atoms with Gasteiger partial charge in [-0.05, 0) is 89.6 Å². The lowest BCUT2D eigenvalue weighted by atomic mass is 9.98. The predicted octanol–water partition coefficient (Wildman–Crippen LogP) is 7.08. The van der Waals surface area contributed by atoms with Crippen LogP contribution in [-0.2, 0) is 0 Å². The van der Waals surface area contributed by atoms with Gasteiger partial charge in [-0.1, -0.05) is 84.9 Å². The Balaban J connectivity index is 1.36. The van der Waals surface area contributed by atoms with Crippen LogP contribution >= 0.6 is 0 Å². The van der Waals surface area contributed by atoms with Gasteiger partial charge in [0.2, 0.25) is 0 Å². The molecule has 0 bridgehead atoms. The molecule has 1 N–H and O–H groups in total. The Kier molecular flexibility index (Phi) is 6.60. The third-order valence-electron chi connectivity index (χ3n) is 6.58. The lowest BCUT2D eigenvalue weighted by molar-refractivity contribution is 0.0933. The topological polar surface area (TPSA) is 32.3 Å². The number of carbonyl (C=O) groups excluding carboxylic acids is 1. The molecule has 1 amide bonds. The van der Waals surface area contributed by atoms with Crippen LogP contribution in [0.1, 0.15) is 28.4 Å². The minimum absolute atomic E-state index is 0.0491. The SMILES string of the molecule is CN(C)CC[C@H](NC(=O)c1ccc(-c2ccc3ccccc3c2)cc1)c1ccc2ccccc2c1. The van der Waals surface area contributed by atoms with Gasteiger partial charge >= 0.3 is 0 Å². The van der Waals surface area contributed by atoms with E-state index in [1.807, 2.05) is 24.3 Å². The lowest BCUT2D eigenvalue weighted by Crippen LogP contribution is -2.31. The van der Waals surface area contributed by atoms with Crippen molar-refractivity contribution < 1.29 is 4.79 Å². The number of rotatable bonds is 7. The van der Waals surface area contributed by atoms with Gasteiger partial charge in [0.1, 0.15) is 0 Å². The molecule has 0 aliphatic heterocycles. The van der Waals surface area contributed by atoms with Gasteiger partial charge in [0, 0.05) is 5.56 Å². The summed E-state index contributed by atoms with van der Waals surface area (Å²) in [4.78, 5) is 15.4. The summed E-state index contributed by atoms with van der Waals surface area (Å²) in [5.41, 5.74) is 4.05. The average molecular weight is 459 g/mol. The maximum absolute atomic E-state index is 13.2. The normalized spacial score (nSPS) is 12.2. The maximum Gasteiger partial charge on any atom is 0.251 e. The Labute approximate surface area is 207 Å². The molecule has 0 heterocycles. The second-order valence-corrected chi connectivity index (χ2v) is 9.36. The van der Waals surface area contributed by atoms with Crippen LogP contribution in [0.2, 0.25) is 0 Å². The molecule has 5 rings (SSSR count). The van der Waals surface area contributed by atoms with E-state index in [4.69, 9.17) is 0 Å². The zero-order chi connectivity index (χ0) is 24.2. The monoisotopic (exact) mass is 458 g/mol. The zero-order valence-corrected chi connectivity index (χ0v) is 20.2. The third-order valence-corrected chi connectivity index (χ3v) is 6.58. The smallest absolute Gasteiger partial charge is 0.251 e. The molecule has 0 radical (unpaired) electrons. The highest BCUT2D eigenvalue weighted by atomic mass is 16.1. The molecule has 3 heteroatoms. The summed E-state index contributed by atoms with van der Waals surface area (Å²) in [6.45, 7) is 0.888. The lowest BCUT2D eigenvalue weighted by Gasteiger charge is -2.22. The molecule has 5 aromatic carbocycles. The standard InChI is InChI=1S/C32H30N2O/c1-34(2)20-19-31(30-18-14-24-8-4-6-10-28(24)22-30)33-32(35)26-15-11-25(12-16-26)29-17-13-23-7-3-5-9-27(23)21-29/h3-18,21-22,31H,19-20H2,1-2H3,(H,33,35)/t31-/m0/s1. The van der Waals surface area contributed by atoms with Crippen molar-refractivity contribution in [2.45, 2.75) is 12.5 Å². The molecular weight excluding hydrogens is 428 g/mol. The minimum atomic E-state index is -0.0605. The van der Waals surface area contributed by atoms with Crippen LogP contribution in [-0.4, -0.2) is 31.4 Å². The van der Waals surface area contributed by atoms with E-state index in [1.54, 1.807) is 0 Å². The highest BCUT2D eigenvalue weighted by Gasteiger charge is 2.17. The number of hydrogen-bond acceptors (Lipinski definition) is 2. The van der Waals surface area contributed by atoms with Crippen molar-refractivity contribution in [3.8, 4) is 11.1 Å². The van der Waals surface area contributed by atoms with Crippen LogP contribution < -0.4 is 5.32 Å². The molecule has 0 fully saturated rings. The quantitative estimate of drug-likeness (QED) is 0.283. The van der Waals surface area contributed by atoms with Crippen molar-refractivity contribution in [2.75, 3.05) is 20.6 Å². The summed E-state index contributed by atoms with van der Waals surface area (Å²) in [5.74, 6) is -0.0491. The van der Waals surface area contributed by atoms with Crippen LogP contribution in [0, 0.1) is 0 Å². The van der Waals surface area contributed by atoms with Gasteiger partial charge in [0.05, 0.1) is 6.04 Å². The summed E-state index contributed by atoms with van der Waals surface area (Å²) in [5, 5.41) is 8.12. The van der Waals surface area contributed by atoms with Crippen molar-refractivity contribution in [1.29, 1.82) is 0 Å². The summed E-state index contributed by atoms with van der Waals surface area (Å²) in [6, 6.07) is 37.5. The number of amides is 1. The first kappa shape index (κ1) is 22.8. The molecule has 0 unspecified atom stereocenters. The van der Waals surface area contributed by atoms with Crippen LogP contribution in [0.4, 0.5) is 0 Å². The van der Waals surface area contributed by atoms with Gasteiger partial charge < -0.3 is 10.2 Å². The van der Waals surface area contributed by atoms with Crippen molar-refractivity contribution in [1.82, 2.24) is 10.2 Å². The van der Waals surface area contributed by atoms with Gasteiger partial charge in [-0.2, -0.15) is 0 Å². The van der Waals surface area contributed by atoms with E-state index >= 15 is 0 Å². The Bertz CT molecular complexity index is 1470. The number of nitrogens with zero attached hydrogens (tertiary/aromatic N) is 1. The van der Waals surface area contributed by atoms with Crippen molar-refractivity contribution in [2.24, 2.45) is 0 Å². The Hall–Kier alpha value is -3.95. The number of nitrogens with one attached hydrogen (secondary N) is 1. The first-order valence-corrected chi connectivity index (χ1v) is 12.1. The highest BCUT2D eigenvalue weighted by molar-refractivity contribution is 5.95. The summed E-state index contributed by atoms with van der Waals surface area (Å²) >= 11 is 0. The van der Waals surface area contributed by atoms with Crippen LogP contribution in [0.25, 0.3) is 32.7 Å². The molecule has 0 spiro atoms. The fourth-order valence-electron chi connectivity index (χ4n) is 4.56. The molecule has 1 atom stereocenters. The second kappa shape index (κ2) is 10.1. The first-order chi connectivity index (χ1) is 17.1. The van der Waals surface area contributed by atoms with Gasteiger partial charge in [-0.15, -0.1) is 0 Å². The molecule has 0 aliphatic carbocycles. The van der Waals surface area contributed by atoms with Crippen LogP contribution in [0.5, 0.6) is 0 Å². The molecular formula is C32H30N2O. The van der Waals surface area contributed by atoms with E-state index < -0.39 is 0 Å². The molecule has 174 valence electrons. The molecule has 0 aliphatic rings. The predicted molar refractivity (Wildman–Crippen MR) is 147 cm³/mol.